The van der Waals surface area contributed by atoms with Gasteiger partial charge >= 0.3 is 0 Å². The summed E-state index contributed by atoms with van der Waals surface area (Å²) in [6.45, 7) is 9.44. The maximum Gasteiger partial charge on any atom is 0.176 e. The topological polar surface area (TPSA) is 39.1 Å². The summed E-state index contributed by atoms with van der Waals surface area (Å²) in [7, 11) is -3.35. The Bertz CT molecular complexity index is 1120. The van der Waals surface area contributed by atoms with E-state index in [-0.39, 0.29) is 0 Å². The van der Waals surface area contributed by atoms with Gasteiger partial charge in [0, 0.05) is 40.5 Å². The molecule has 0 aliphatic carbocycles. The average molecular weight is 412 g/mol. The SMILES string of the molecule is CCCCCCc1c(C)ccc(S(C)(=O)=O)c1-c1c(C)n(CC)c2ccccc12. The monoisotopic (exact) mass is 411 g/mol. The number of aryl methyl sites for hydroxylation is 2. The summed E-state index contributed by atoms with van der Waals surface area (Å²) in [4.78, 5) is 0.454. The number of aromatic nitrogens is 1. The summed E-state index contributed by atoms with van der Waals surface area (Å²) < 4.78 is 27.9. The molecule has 0 radical (unpaired) electrons. The van der Waals surface area contributed by atoms with Crippen molar-refractivity contribution >= 4 is 20.7 Å². The molecule has 29 heavy (non-hydrogen) atoms. The molecule has 0 saturated heterocycles. The van der Waals surface area contributed by atoms with Crippen LogP contribution in [-0.4, -0.2) is 19.2 Å². The van der Waals surface area contributed by atoms with Gasteiger partial charge < -0.3 is 4.57 Å². The molecular weight excluding hydrogens is 378 g/mol. The van der Waals surface area contributed by atoms with Crippen LogP contribution in [0.2, 0.25) is 0 Å². The van der Waals surface area contributed by atoms with Crippen molar-refractivity contribution in [3.8, 4) is 11.1 Å². The Morgan fingerprint density at radius 3 is 2.28 bits per heavy atom. The first-order valence-corrected chi connectivity index (χ1v) is 12.6. The minimum atomic E-state index is -3.35. The highest BCUT2D eigenvalue weighted by atomic mass is 32.2. The molecule has 1 heterocycles. The van der Waals surface area contributed by atoms with E-state index < -0.39 is 9.84 Å². The average Bonchev–Trinajstić information content (AvgIpc) is 2.96. The Morgan fingerprint density at radius 1 is 0.897 bits per heavy atom. The highest BCUT2D eigenvalue weighted by Gasteiger charge is 2.24. The van der Waals surface area contributed by atoms with Gasteiger partial charge in [-0.1, -0.05) is 50.5 Å². The molecule has 3 nitrogen and oxygen atoms in total. The number of para-hydroxylation sites is 1. The van der Waals surface area contributed by atoms with E-state index in [0.29, 0.717) is 4.90 Å². The van der Waals surface area contributed by atoms with Crippen molar-refractivity contribution in [2.75, 3.05) is 6.26 Å². The van der Waals surface area contributed by atoms with Gasteiger partial charge in [-0.3, -0.25) is 0 Å². The standard InChI is InChI=1S/C25H33NO2S/c1-6-8-9-10-13-20-18(3)16-17-23(29(5,27)28)25(20)24-19(4)26(7-2)22-15-12-11-14-21(22)24/h11-12,14-17H,6-10,13H2,1-5H3. The molecule has 2 aromatic carbocycles. The van der Waals surface area contributed by atoms with Crippen molar-refractivity contribution in [3.05, 3.63) is 53.2 Å². The zero-order valence-corrected chi connectivity index (χ0v) is 19.2. The lowest BCUT2D eigenvalue weighted by atomic mass is 9.90. The van der Waals surface area contributed by atoms with E-state index in [1.165, 1.54) is 42.2 Å². The molecule has 3 aromatic rings. The van der Waals surface area contributed by atoms with Gasteiger partial charge in [0.1, 0.15) is 0 Å². The van der Waals surface area contributed by atoms with Crippen LogP contribution in [0, 0.1) is 13.8 Å². The van der Waals surface area contributed by atoms with Gasteiger partial charge in [0.2, 0.25) is 0 Å². The quantitative estimate of drug-likeness (QED) is 0.398. The molecule has 1 aromatic heterocycles. The van der Waals surface area contributed by atoms with E-state index in [9.17, 15) is 8.42 Å². The van der Waals surface area contributed by atoms with Crippen molar-refractivity contribution in [1.82, 2.24) is 4.57 Å². The summed E-state index contributed by atoms with van der Waals surface area (Å²) >= 11 is 0. The first-order chi connectivity index (χ1) is 13.8. The molecule has 0 spiro atoms. The van der Waals surface area contributed by atoms with Gasteiger partial charge in [-0.25, -0.2) is 8.42 Å². The van der Waals surface area contributed by atoms with Crippen molar-refractivity contribution in [2.45, 2.75) is 71.2 Å². The molecule has 4 heteroatoms. The second-order valence-electron chi connectivity index (χ2n) is 8.04. The molecule has 0 aliphatic rings. The number of rotatable bonds is 8. The normalized spacial score (nSPS) is 12.0. The Labute approximate surface area is 175 Å². The number of fused-ring (bicyclic) bond motifs is 1. The molecule has 0 aliphatic heterocycles. The van der Waals surface area contributed by atoms with Gasteiger partial charge in [-0.2, -0.15) is 0 Å². The molecule has 0 saturated carbocycles. The van der Waals surface area contributed by atoms with Crippen LogP contribution in [0.5, 0.6) is 0 Å². The van der Waals surface area contributed by atoms with Gasteiger partial charge in [0.15, 0.2) is 9.84 Å². The van der Waals surface area contributed by atoms with Crippen LogP contribution in [-0.2, 0) is 22.8 Å². The number of nitrogens with zero attached hydrogens (tertiary/aromatic N) is 1. The zero-order valence-electron chi connectivity index (χ0n) is 18.4. The van der Waals surface area contributed by atoms with Crippen LogP contribution >= 0.6 is 0 Å². The Hall–Kier alpha value is -2.07. The van der Waals surface area contributed by atoms with Crippen molar-refractivity contribution in [2.24, 2.45) is 0 Å². The third-order valence-electron chi connectivity index (χ3n) is 5.99. The highest BCUT2D eigenvalue weighted by Crippen LogP contribution is 2.41. The van der Waals surface area contributed by atoms with Crippen LogP contribution in [0.1, 0.15) is 56.4 Å². The first-order valence-electron chi connectivity index (χ1n) is 10.7. The van der Waals surface area contributed by atoms with E-state index in [1.54, 1.807) is 6.07 Å². The van der Waals surface area contributed by atoms with Crippen LogP contribution in [0.4, 0.5) is 0 Å². The second-order valence-corrected chi connectivity index (χ2v) is 10.0. The summed E-state index contributed by atoms with van der Waals surface area (Å²) in [5.41, 5.74) is 6.67. The van der Waals surface area contributed by atoms with Crippen molar-refractivity contribution in [3.63, 3.8) is 0 Å². The summed E-state index contributed by atoms with van der Waals surface area (Å²) in [6, 6.07) is 12.1. The number of hydrogen-bond acceptors (Lipinski definition) is 2. The van der Waals surface area contributed by atoms with E-state index in [1.807, 2.05) is 12.1 Å². The molecular formula is C25H33NO2S. The van der Waals surface area contributed by atoms with Gasteiger partial charge in [0.05, 0.1) is 4.90 Å². The summed E-state index contributed by atoms with van der Waals surface area (Å²) in [6.07, 6.45) is 6.91. The van der Waals surface area contributed by atoms with Crippen LogP contribution < -0.4 is 0 Å². The van der Waals surface area contributed by atoms with Gasteiger partial charge in [-0.15, -0.1) is 0 Å². The fourth-order valence-electron chi connectivity index (χ4n) is 4.52. The maximum absolute atomic E-state index is 12.8. The lowest BCUT2D eigenvalue weighted by molar-refractivity contribution is 0.602. The Morgan fingerprint density at radius 2 is 1.62 bits per heavy atom. The highest BCUT2D eigenvalue weighted by molar-refractivity contribution is 7.90. The fraction of sp³-hybridized carbons (Fsp3) is 0.440. The van der Waals surface area contributed by atoms with Crippen LogP contribution in [0.15, 0.2) is 41.3 Å². The smallest absolute Gasteiger partial charge is 0.176 e. The van der Waals surface area contributed by atoms with E-state index in [4.69, 9.17) is 0 Å². The van der Waals surface area contributed by atoms with Crippen LogP contribution in [0.3, 0.4) is 0 Å². The molecule has 0 fully saturated rings. The number of hydrogen-bond donors (Lipinski definition) is 0. The third kappa shape index (κ3) is 4.13. The molecule has 0 unspecified atom stereocenters. The van der Waals surface area contributed by atoms with E-state index in [0.717, 1.165) is 41.6 Å². The lowest BCUT2D eigenvalue weighted by Crippen LogP contribution is -2.06. The van der Waals surface area contributed by atoms with Crippen molar-refractivity contribution in [1.29, 1.82) is 0 Å². The number of sulfone groups is 1. The first kappa shape index (κ1) is 21.6. The minimum Gasteiger partial charge on any atom is -0.345 e. The van der Waals surface area contributed by atoms with E-state index >= 15 is 0 Å². The molecule has 0 atom stereocenters. The van der Waals surface area contributed by atoms with Gasteiger partial charge in [-0.05, 0) is 56.9 Å². The fourth-order valence-corrected chi connectivity index (χ4v) is 5.43. The Balaban J connectivity index is 2.35. The summed E-state index contributed by atoms with van der Waals surface area (Å²) in [5.74, 6) is 0. The zero-order chi connectivity index (χ0) is 21.2. The lowest BCUT2D eigenvalue weighted by Gasteiger charge is -2.18. The summed E-state index contributed by atoms with van der Waals surface area (Å²) in [5, 5.41) is 1.14. The molecule has 156 valence electrons. The predicted octanol–water partition coefficient (Wildman–Crippen LogP) is 6.47. The van der Waals surface area contributed by atoms with Crippen LogP contribution in [0.25, 0.3) is 22.0 Å². The predicted molar refractivity (Wildman–Crippen MR) is 123 cm³/mol. The third-order valence-corrected chi connectivity index (χ3v) is 7.12. The van der Waals surface area contributed by atoms with Gasteiger partial charge in [0.25, 0.3) is 0 Å². The second kappa shape index (κ2) is 8.74. The molecule has 3 rings (SSSR count). The molecule has 0 amide bonds. The molecule has 0 N–H and O–H groups in total. The maximum atomic E-state index is 12.8. The Kier molecular flexibility index (Phi) is 6.52. The largest absolute Gasteiger partial charge is 0.345 e. The molecule has 0 bridgehead atoms. The van der Waals surface area contributed by atoms with E-state index in [2.05, 4.69) is 50.5 Å². The number of unbranched alkanes of at least 4 members (excludes halogenated alkanes) is 3. The minimum absolute atomic E-state index is 0.454. The van der Waals surface area contributed by atoms with Crippen molar-refractivity contribution < 1.29 is 8.42 Å². The number of benzene rings is 2.